The van der Waals surface area contributed by atoms with E-state index in [0.29, 0.717) is 36.3 Å². The van der Waals surface area contributed by atoms with Gasteiger partial charge in [0.25, 0.3) is 5.91 Å². The Labute approximate surface area is 169 Å². The molecule has 0 unspecified atom stereocenters. The van der Waals surface area contributed by atoms with Gasteiger partial charge in [-0.3, -0.25) is 24.7 Å². The molecule has 1 aromatic carbocycles. The smallest absolute Gasteiger partial charge is 0.324 e. The second-order valence-corrected chi connectivity index (χ2v) is 8.34. The van der Waals surface area contributed by atoms with Crippen LogP contribution in [0.5, 0.6) is 0 Å². The van der Waals surface area contributed by atoms with Crippen molar-refractivity contribution >= 4 is 48.9 Å². The average Bonchev–Trinajstić information content (AvgIpc) is 3.36. The lowest BCUT2D eigenvalue weighted by molar-refractivity contribution is -0.380. The Morgan fingerprint density at radius 3 is 2.71 bits per heavy atom. The summed E-state index contributed by atoms with van der Waals surface area (Å²) in [5.74, 6) is -0.259. The van der Waals surface area contributed by atoms with E-state index in [9.17, 15) is 14.9 Å². The monoisotopic (exact) mass is 418 g/mol. The van der Waals surface area contributed by atoms with Crippen LogP contribution in [0.2, 0.25) is 0 Å². The van der Waals surface area contributed by atoms with Gasteiger partial charge in [-0.1, -0.05) is 34.8 Å². The third kappa shape index (κ3) is 4.04. The van der Waals surface area contributed by atoms with Crippen molar-refractivity contribution in [3.8, 4) is 0 Å². The Hall–Kier alpha value is -2.40. The lowest BCUT2D eigenvalue weighted by atomic mass is 10.3. The second kappa shape index (κ2) is 8.31. The highest BCUT2D eigenvalue weighted by Crippen LogP contribution is 2.31. The summed E-state index contributed by atoms with van der Waals surface area (Å²) in [5, 5.41) is 11.6. The second-order valence-electron chi connectivity index (χ2n) is 6.27. The summed E-state index contributed by atoms with van der Waals surface area (Å²) >= 11 is 2.34. The van der Waals surface area contributed by atoms with Crippen LogP contribution in [0.3, 0.4) is 0 Å². The highest BCUT2D eigenvalue weighted by molar-refractivity contribution is 7.22. The van der Waals surface area contributed by atoms with E-state index in [2.05, 4.69) is 9.88 Å². The van der Waals surface area contributed by atoms with Crippen LogP contribution in [-0.4, -0.2) is 60.1 Å². The predicted molar refractivity (Wildman–Crippen MR) is 110 cm³/mol. The van der Waals surface area contributed by atoms with Crippen molar-refractivity contribution < 1.29 is 14.5 Å². The van der Waals surface area contributed by atoms with E-state index in [0.717, 1.165) is 34.6 Å². The molecule has 1 aliphatic heterocycles. The van der Waals surface area contributed by atoms with Crippen LogP contribution in [0, 0.1) is 10.1 Å². The van der Waals surface area contributed by atoms with E-state index >= 15 is 0 Å². The molecule has 8 nitrogen and oxygen atoms in total. The maximum Gasteiger partial charge on any atom is 0.324 e. The number of benzene rings is 1. The normalized spacial score (nSPS) is 15.0. The number of carbonyl (C=O) groups is 1. The number of hydrogen-bond donors (Lipinski definition) is 0. The van der Waals surface area contributed by atoms with Crippen molar-refractivity contribution in [2.45, 2.75) is 0 Å². The summed E-state index contributed by atoms with van der Waals surface area (Å²) in [6, 6.07) is 10.6. The van der Waals surface area contributed by atoms with Gasteiger partial charge in [-0.25, -0.2) is 4.98 Å². The molecule has 28 heavy (non-hydrogen) atoms. The maximum absolute atomic E-state index is 13.2. The number of thiazole rings is 1. The van der Waals surface area contributed by atoms with E-state index in [1.165, 1.54) is 23.5 Å². The van der Waals surface area contributed by atoms with Crippen LogP contribution in [0.1, 0.15) is 9.67 Å². The molecule has 0 atom stereocenters. The minimum absolute atomic E-state index is 0.0409. The van der Waals surface area contributed by atoms with Crippen LogP contribution in [0.4, 0.5) is 10.1 Å². The van der Waals surface area contributed by atoms with E-state index in [1.807, 2.05) is 24.3 Å². The van der Waals surface area contributed by atoms with Gasteiger partial charge in [0, 0.05) is 32.2 Å². The van der Waals surface area contributed by atoms with E-state index in [-0.39, 0.29) is 10.9 Å². The summed E-state index contributed by atoms with van der Waals surface area (Å²) in [6.45, 7) is 4.18. The zero-order valence-corrected chi connectivity index (χ0v) is 16.6. The van der Waals surface area contributed by atoms with Gasteiger partial charge in [0.2, 0.25) is 0 Å². The summed E-state index contributed by atoms with van der Waals surface area (Å²) < 4.78 is 6.38. The molecule has 1 amide bonds. The number of morpholine rings is 1. The van der Waals surface area contributed by atoms with E-state index in [1.54, 1.807) is 4.90 Å². The van der Waals surface area contributed by atoms with Gasteiger partial charge in [0.15, 0.2) is 5.13 Å². The first-order valence-electron chi connectivity index (χ1n) is 8.83. The van der Waals surface area contributed by atoms with Crippen molar-refractivity contribution in [2.24, 2.45) is 0 Å². The van der Waals surface area contributed by atoms with Crippen molar-refractivity contribution in [3.63, 3.8) is 0 Å². The number of para-hydroxylation sites is 1. The number of anilines is 1. The molecular weight excluding hydrogens is 400 g/mol. The molecule has 146 valence electrons. The fourth-order valence-corrected chi connectivity index (χ4v) is 4.76. The molecule has 0 spiro atoms. The van der Waals surface area contributed by atoms with Crippen LogP contribution >= 0.6 is 22.7 Å². The minimum Gasteiger partial charge on any atom is -0.379 e. The summed E-state index contributed by atoms with van der Waals surface area (Å²) in [7, 11) is 0. The molecule has 4 rings (SSSR count). The Morgan fingerprint density at radius 2 is 2.00 bits per heavy atom. The number of hydrogen-bond acceptors (Lipinski definition) is 8. The van der Waals surface area contributed by atoms with Crippen molar-refractivity contribution in [1.29, 1.82) is 0 Å². The number of carbonyl (C=O) groups excluding carboxylic acids is 1. The average molecular weight is 419 g/mol. The molecule has 1 fully saturated rings. The zero-order valence-electron chi connectivity index (χ0n) is 14.9. The van der Waals surface area contributed by atoms with Crippen LogP contribution in [0.15, 0.2) is 36.4 Å². The number of aromatic nitrogens is 1. The van der Waals surface area contributed by atoms with Crippen LogP contribution < -0.4 is 4.90 Å². The lowest BCUT2D eigenvalue weighted by Gasteiger charge is -2.29. The van der Waals surface area contributed by atoms with E-state index < -0.39 is 4.92 Å². The Kier molecular flexibility index (Phi) is 5.62. The largest absolute Gasteiger partial charge is 0.379 e. The number of ether oxygens (including phenoxy) is 1. The van der Waals surface area contributed by atoms with Gasteiger partial charge in [-0.2, -0.15) is 0 Å². The molecule has 10 heteroatoms. The number of fused-ring (bicyclic) bond motifs is 1. The molecule has 2 aromatic heterocycles. The molecule has 3 aromatic rings. The lowest BCUT2D eigenvalue weighted by Crippen LogP contribution is -2.43. The molecular formula is C18H18N4O4S2. The maximum atomic E-state index is 13.2. The first-order chi connectivity index (χ1) is 13.6. The van der Waals surface area contributed by atoms with Gasteiger partial charge in [0.1, 0.15) is 0 Å². The Balaban J connectivity index is 1.61. The van der Waals surface area contributed by atoms with Crippen LogP contribution in [-0.2, 0) is 4.74 Å². The van der Waals surface area contributed by atoms with Gasteiger partial charge >= 0.3 is 5.00 Å². The highest BCUT2D eigenvalue weighted by Gasteiger charge is 2.25. The summed E-state index contributed by atoms with van der Waals surface area (Å²) in [6.07, 6.45) is 0. The fourth-order valence-electron chi connectivity index (χ4n) is 3.00. The Morgan fingerprint density at radius 1 is 1.21 bits per heavy atom. The standard InChI is InChI=1S/C18H18N4O4S2/c23-17(15-5-6-16(27-15)22(24)25)21(8-7-20-9-11-26-12-10-20)18-19-13-3-1-2-4-14(13)28-18/h1-6H,7-12H2. The molecule has 1 aliphatic rings. The van der Waals surface area contributed by atoms with Crippen molar-refractivity contribution in [1.82, 2.24) is 9.88 Å². The van der Waals surface area contributed by atoms with Gasteiger partial charge < -0.3 is 4.74 Å². The third-order valence-electron chi connectivity index (χ3n) is 4.48. The van der Waals surface area contributed by atoms with Gasteiger partial charge in [-0.05, 0) is 18.2 Å². The van der Waals surface area contributed by atoms with E-state index in [4.69, 9.17) is 4.74 Å². The highest BCUT2D eigenvalue weighted by atomic mass is 32.1. The number of nitrogens with zero attached hydrogens (tertiary/aromatic N) is 4. The minimum atomic E-state index is -0.475. The topological polar surface area (TPSA) is 88.8 Å². The number of amides is 1. The number of thiophene rings is 1. The fraction of sp³-hybridized carbons (Fsp3) is 0.333. The molecule has 3 heterocycles. The van der Waals surface area contributed by atoms with Crippen molar-refractivity contribution in [3.05, 3.63) is 51.4 Å². The number of rotatable bonds is 6. The zero-order chi connectivity index (χ0) is 19.5. The van der Waals surface area contributed by atoms with Gasteiger partial charge in [0.05, 0.1) is 33.2 Å². The molecule has 0 aliphatic carbocycles. The van der Waals surface area contributed by atoms with Crippen LogP contribution in [0.25, 0.3) is 10.2 Å². The summed E-state index contributed by atoms with van der Waals surface area (Å²) in [5.41, 5.74) is 0.837. The summed E-state index contributed by atoms with van der Waals surface area (Å²) in [4.78, 5) is 32.5. The molecule has 0 radical (unpaired) electrons. The third-order valence-corrected chi connectivity index (χ3v) is 6.57. The first kappa shape index (κ1) is 18.9. The van der Waals surface area contributed by atoms with Gasteiger partial charge in [-0.15, -0.1) is 0 Å². The quantitative estimate of drug-likeness (QED) is 0.451. The number of nitro groups is 1. The Bertz CT molecular complexity index is 963. The molecule has 0 N–H and O–H groups in total. The first-order valence-corrected chi connectivity index (χ1v) is 10.5. The SMILES string of the molecule is O=C(c1ccc([N+](=O)[O-])s1)N(CCN1CCOCC1)c1nc2ccccc2s1. The molecule has 0 bridgehead atoms. The predicted octanol–water partition coefficient (Wildman–Crippen LogP) is 3.25. The van der Waals surface area contributed by atoms with Crippen molar-refractivity contribution in [2.75, 3.05) is 44.3 Å². The molecule has 0 saturated carbocycles. The molecule has 1 saturated heterocycles.